The Bertz CT molecular complexity index is 669. The zero-order chi connectivity index (χ0) is 16.9. The lowest BCUT2D eigenvalue weighted by Crippen LogP contribution is -3.11. The lowest BCUT2D eigenvalue weighted by atomic mass is 10.1. The molecule has 1 aliphatic heterocycles. The minimum Gasteiger partial charge on any atom is -0.354 e. The zero-order valence-electron chi connectivity index (χ0n) is 13.7. The second-order valence-corrected chi connectivity index (χ2v) is 8.02. The number of rotatable bonds is 5. The highest BCUT2D eigenvalue weighted by molar-refractivity contribution is 7.80. The molecular formula is C18H23ClN3S2+. The van der Waals surface area contributed by atoms with E-state index in [1.54, 1.807) is 4.90 Å². The number of hydrogen-bond acceptors (Lipinski definition) is 2. The van der Waals surface area contributed by atoms with Gasteiger partial charge in [-0.3, -0.25) is 0 Å². The van der Waals surface area contributed by atoms with Gasteiger partial charge in [-0.15, -0.1) is 11.3 Å². The molecule has 2 heterocycles. The summed E-state index contributed by atoms with van der Waals surface area (Å²) in [6, 6.07) is 12.7. The molecule has 0 saturated carbocycles. The fraction of sp³-hybridized carbons (Fsp3) is 0.389. The van der Waals surface area contributed by atoms with Crippen molar-refractivity contribution >= 4 is 46.0 Å². The van der Waals surface area contributed by atoms with Crippen molar-refractivity contribution in [3.05, 3.63) is 51.7 Å². The van der Waals surface area contributed by atoms with Gasteiger partial charge in [0, 0.05) is 12.8 Å². The molecule has 24 heavy (non-hydrogen) atoms. The van der Waals surface area contributed by atoms with Crippen molar-refractivity contribution < 1.29 is 4.90 Å². The predicted octanol–water partition coefficient (Wildman–Crippen LogP) is 3.50. The number of benzene rings is 1. The van der Waals surface area contributed by atoms with E-state index in [2.05, 4.69) is 35.1 Å². The summed E-state index contributed by atoms with van der Waals surface area (Å²) in [7, 11) is 0. The van der Waals surface area contributed by atoms with E-state index in [1.165, 1.54) is 30.8 Å². The number of para-hydroxylation sites is 1. The first kappa shape index (κ1) is 17.7. The number of halogens is 1. The summed E-state index contributed by atoms with van der Waals surface area (Å²) in [5.41, 5.74) is 0.838. The summed E-state index contributed by atoms with van der Waals surface area (Å²) in [5, 5.41) is 10.1. The fourth-order valence-corrected chi connectivity index (χ4v) is 4.89. The van der Waals surface area contributed by atoms with Gasteiger partial charge in [0.1, 0.15) is 6.04 Å². The minimum atomic E-state index is 0.249. The van der Waals surface area contributed by atoms with Gasteiger partial charge in [0.25, 0.3) is 0 Å². The molecule has 0 bridgehead atoms. The topological polar surface area (TPSA) is 28.5 Å². The van der Waals surface area contributed by atoms with Crippen LogP contribution in [0.5, 0.6) is 0 Å². The summed E-state index contributed by atoms with van der Waals surface area (Å²) in [6.07, 6.45) is 2.62. The molecule has 1 aromatic carbocycles. The van der Waals surface area contributed by atoms with Crippen LogP contribution in [0.25, 0.3) is 0 Å². The molecule has 1 aromatic heterocycles. The van der Waals surface area contributed by atoms with Gasteiger partial charge in [-0.2, -0.15) is 0 Å². The molecule has 6 heteroatoms. The SMILES string of the molecule is C[C@H](NC(=S)Nc1ccccc1Cl)[C@H](c1cccs1)[NH+]1CCCC1. The molecule has 3 nitrogen and oxygen atoms in total. The van der Waals surface area contributed by atoms with Gasteiger partial charge in [0.15, 0.2) is 5.11 Å². The summed E-state index contributed by atoms with van der Waals surface area (Å²) >= 11 is 13.5. The van der Waals surface area contributed by atoms with E-state index in [4.69, 9.17) is 23.8 Å². The average molecular weight is 381 g/mol. The van der Waals surface area contributed by atoms with Gasteiger partial charge >= 0.3 is 0 Å². The number of anilines is 1. The lowest BCUT2D eigenvalue weighted by molar-refractivity contribution is -0.920. The predicted molar refractivity (Wildman–Crippen MR) is 107 cm³/mol. The van der Waals surface area contributed by atoms with Crippen molar-refractivity contribution in [2.75, 3.05) is 18.4 Å². The Morgan fingerprint density at radius 2 is 1.96 bits per heavy atom. The highest BCUT2D eigenvalue weighted by atomic mass is 35.5. The maximum absolute atomic E-state index is 6.20. The second kappa shape index (κ2) is 8.30. The second-order valence-electron chi connectivity index (χ2n) is 6.23. The Kier molecular flexibility index (Phi) is 6.11. The van der Waals surface area contributed by atoms with E-state index < -0.39 is 0 Å². The quantitative estimate of drug-likeness (QED) is 0.693. The molecule has 0 unspecified atom stereocenters. The van der Waals surface area contributed by atoms with Crippen molar-refractivity contribution in [2.24, 2.45) is 0 Å². The number of thiocarbonyl (C=S) groups is 1. The van der Waals surface area contributed by atoms with E-state index in [9.17, 15) is 0 Å². The highest BCUT2D eigenvalue weighted by Crippen LogP contribution is 2.22. The van der Waals surface area contributed by atoms with E-state index in [-0.39, 0.29) is 6.04 Å². The Balaban J connectivity index is 1.68. The monoisotopic (exact) mass is 380 g/mol. The van der Waals surface area contributed by atoms with Crippen LogP contribution in [0, 0.1) is 0 Å². The van der Waals surface area contributed by atoms with Gasteiger partial charge in [-0.05, 0) is 42.7 Å². The standard InChI is InChI=1S/C18H22ClN3S2/c1-13(20-18(23)21-15-8-3-2-7-14(15)19)17(16-9-6-12-24-16)22-10-4-5-11-22/h2-3,6-9,12-13,17H,4-5,10-11H2,1H3,(H2,20,21,23)/p+1/t13-,17+/m0/s1. The molecule has 2 aromatic rings. The van der Waals surface area contributed by atoms with Gasteiger partial charge < -0.3 is 15.5 Å². The smallest absolute Gasteiger partial charge is 0.171 e. The van der Waals surface area contributed by atoms with Crippen LogP contribution in [0.4, 0.5) is 5.69 Å². The largest absolute Gasteiger partial charge is 0.354 e. The number of thiophene rings is 1. The molecule has 128 valence electrons. The Morgan fingerprint density at radius 1 is 1.21 bits per heavy atom. The molecule has 3 rings (SSSR count). The van der Waals surface area contributed by atoms with Gasteiger partial charge in [-0.25, -0.2) is 0 Å². The number of hydrogen-bond donors (Lipinski definition) is 3. The molecular weight excluding hydrogens is 358 g/mol. The third-order valence-electron chi connectivity index (χ3n) is 4.52. The summed E-state index contributed by atoms with van der Waals surface area (Å²) < 4.78 is 0. The molecule has 1 aliphatic rings. The minimum absolute atomic E-state index is 0.249. The van der Waals surface area contributed by atoms with E-state index in [0.717, 1.165) is 5.69 Å². The molecule has 1 saturated heterocycles. The number of nitrogens with one attached hydrogen (secondary N) is 3. The first-order valence-corrected chi connectivity index (χ1v) is 10.0. The molecule has 2 atom stereocenters. The first-order valence-electron chi connectivity index (χ1n) is 8.35. The van der Waals surface area contributed by atoms with Crippen molar-refractivity contribution in [3.63, 3.8) is 0 Å². The van der Waals surface area contributed by atoms with Crippen LogP contribution in [-0.2, 0) is 0 Å². The number of likely N-dealkylation sites (tertiary alicyclic amines) is 1. The molecule has 0 amide bonds. The maximum atomic E-state index is 6.20. The molecule has 1 fully saturated rings. The van der Waals surface area contributed by atoms with Crippen LogP contribution in [0.2, 0.25) is 5.02 Å². The summed E-state index contributed by atoms with van der Waals surface area (Å²) in [4.78, 5) is 3.07. The van der Waals surface area contributed by atoms with Gasteiger partial charge in [0.05, 0.1) is 34.7 Å². The van der Waals surface area contributed by atoms with Gasteiger partial charge in [0.2, 0.25) is 0 Å². The Labute approximate surface area is 158 Å². The van der Waals surface area contributed by atoms with E-state index >= 15 is 0 Å². The zero-order valence-corrected chi connectivity index (χ0v) is 16.1. The highest BCUT2D eigenvalue weighted by Gasteiger charge is 2.33. The van der Waals surface area contributed by atoms with Crippen LogP contribution in [0.1, 0.15) is 30.7 Å². The van der Waals surface area contributed by atoms with Crippen LogP contribution < -0.4 is 15.5 Å². The maximum Gasteiger partial charge on any atom is 0.171 e. The molecule has 3 N–H and O–H groups in total. The average Bonchev–Trinajstić information content (AvgIpc) is 3.24. The van der Waals surface area contributed by atoms with Crippen molar-refractivity contribution in [1.29, 1.82) is 0 Å². The van der Waals surface area contributed by atoms with E-state index in [1.807, 2.05) is 35.6 Å². The molecule has 0 spiro atoms. The van der Waals surface area contributed by atoms with E-state index in [0.29, 0.717) is 16.2 Å². The van der Waals surface area contributed by atoms with Crippen LogP contribution >= 0.6 is 35.2 Å². The lowest BCUT2D eigenvalue weighted by Gasteiger charge is -2.30. The molecule has 0 aliphatic carbocycles. The third kappa shape index (κ3) is 4.28. The van der Waals surface area contributed by atoms with Crippen molar-refractivity contribution in [2.45, 2.75) is 31.8 Å². The summed E-state index contributed by atoms with van der Waals surface area (Å²) in [5.74, 6) is 0. The number of quaternary nitrogens is 1. The fourth-order valence-electron chi connectivity index (χ4n) is 3.42. The van der Waals surface area contributed by atoms with Crippen molar-refractivity contribution in [1.82, 2.24) is 5.32 Å². The Hall–Kier alpha value is -1.14. The Morgan fingerprint density at radius 3 is 2.62 bits per heavy atom. The summed E-state index contributed by atoms with van der Waals surface area (Å²) in [6.45, 7) is 4.69. The third-order valence-corrected chi connectivity index (χ3v) is 6.02. The normalized spacial score (nSPS) is 17.4. The van der Waals surface area contributed by atoms with Crippen molar-refractivity contribution in [3.8, 4) is 0 Å². The van der Waals surface area contributed by atoms with Crippen LogP contribution in [0.15, 0.2) is 41.8 Å². The van der Waals surface area contributed by atoms with Crippen LogP contribution in [0.3, 0.4) is 0 Å². The van der Waals surface area contributed by atoms with Gasteiger partial charge in [-0.1, -0.05) is 29.8 Å². The molecule has 0 radical (unpaired) electrons. The first-order chi connectivity index (χ1) is 11.6. The van der Waals surface area contributed by atoms with Crippen LogP contribution in [-0.4, -0.2) is 24.2 Å².